The molecule has 0 bridgehead atoms. The molecular weight excluding hydrogens is 829 g/mol. The van der Waals surface area contributed by atoms with E-state index in [1.165, 1.54) is 89.9 Å². The molecule has 0 aliphatic rings. The van der Waals surface area contributed by atoms with Crippen LogP contribution in [0.1, 0.15) is 252 Å². The highest BCUT2D eigenvalue weighted by Crippen LogP contribution is 2.15. The van der Waals surface area contributed by atoms with Crippen molar-refractivity contribution in [3.63, 3.8) is 0 Å². The topological polar surface area (TPSA) is 78.9 Å². The van der Waals surface area contributed by atoms with Crippen LogP contribution in [0.4, 0.5) is 0 Å². The van der Waals surface area contributed by atoms with Crippen molar-refractivity contribution >= 4 is 17.9 Å². The Kier molecular flexibility index (Phi) is 51.9. The lowest BCUT2D eigenvalue weighted by atomic mass is 10.1. The van der Waals surface area contributed by atoms with E-state index in [2.05, 4.69) is 118 Å². The van der Waals surface area contributed by atoms with Gasteiger partial charge in [-0.15, -0.1) is 0 Å². The SMILES string of the molecule is CC/C=C\C/C=C\C/C=C\C/C=C\CCCCCCCCCCCCC(=O)OCC(COC(=O)CCCCCCC)OC(=O)CCCCCCCCCC/C=C\C/C=C\C/C=C\C/C=C\CC. The molecule has 0 aliphatic carbocycles. The molecule has 1 atom stereocenters. The Hall–Kier alpha value is -3.67. The molecule has 0 aromatic carbocycles. The third kappa shape index (κ3) is 53.2. The van der Waals surface area contributed by atoms with Gasteiger partial charge < -0.3 is 14.2 Å². The van der Waals surface area contributed by atoms with Crippen LogP contribution in [0.15, 0.2) is 97.2 Å². The fourth-order valence-corrected chi connectivity index (χ4v) is 7.48. The smallest absolute Gasteiger partial charge is 0.306 e. The van der Waals surface area contributed by atoms with E-state index in [0.29, 0.717) is 19.3 Å². The van der Waals surface area contributed by atoms with E-state index < -0.39 is 6.10 Å². The van der Waals surface area contributed by atoms with Gasteiger partial charge in [-0.25, -0.2) is 0 Å². The molecule has 0 N–H and O–H groups in total. The number of esters is 3. The maximum Gasteiger partial charge on any atom is 0.306 e. The number of carbonyl (C=O) groups is 3. The molecule has 0 rings (SSSR count). The molecule has 67 heavy (non-hydrogen) atoms. The van der Waals surface area contributed by atoms with E-state index >= 15 is 0 Å². The van der Waals surface area contributed by atoms with Crippen molar-refractivity contribution in [1.29, 1.82) is 0 Å². The second-order valence-corrected chi connectivity index (χ2v) is 18.1. The highest BCUT2D eigenvalue weighted by molar-refractivity contribution is 5.71. The van der Waals surface area contributed by atoms with Crippen LogP contribution >= 0.6 is 0 Å². The third-order valence-electron chi connectivity index (χ3n) is 11.6. The molecule has 0 spiro atoms. The van der Waals surface area contributed by atoms with Gasteiger partial charge in [0, 0.05) is 19.3 Å². The molecule has 1 unspecified atom stereocenters. The lowest BCUT2D eigenvalue weighted by Crippen LogP contribution is -2.30. The first-order valence-electron chi connectivity index (χ1n) is 27.7. The van der Waals surface area contributed by atoms with Gasteiger partial charge in [-0.05, 0) is 96.3 Å². The number of hydrogen-bond donors (Lipinski definition) is 0. The average molecular weight is 931 g/mol. The second-order valence-electron chi connectivity index (χ2n) is 18.1. The van der Waals surface area contributed by atoms with Crippen molar-refractivity contribution < 1.29 is 28.6 Å². The third-order valence-corrected chi connectivity index (χ3v) is 11.6. The minimum atomic E-state index is -0.781. The fourth-order valence-electron chi connectivity index (χ4n) is 7.48. The Bertz CT molecular complexity index is 1350. The standard InChI is InChI=1S/C61H102O6/c1-4-7-10-13-15-17-19-21-23-25-27-29-30-32-33-35-37-39-41-43-45-48-51-54-60(63)66-57-58(56-65-59(62)53-50-47-12-9-6-3)67-61(64)55-52-49-46-44-42-40-38-36-34-31-28-26-24-22-20-18-16-14-11-8-5-2/h7-8,10-11,15-18,21-24,27-29,31,58H,4-6,9,12-14,19-20,25-26,30,32-57H2,1-3H3/b10-7-,11-8-,17-15-,18-16-,23-21-,24-22-,29-27-,31-28-. The van der Waals surface area contributed by atoms with Crippen LogP contribution in [0, 0.1) is 0 Å². The van der Waals surface area contributed by atoms with Crippen molar-refractivity contribution in [3.05, 3.63) is 97.2 Å². The van der Waals surface area contributed by atoms with E-state index in [9.17, 15) is 14.4 Å². The first-order chi connectivity index (χ1) is 33.0. The summed E-state index contributed by atoms with van der Waals surface area (Å²) in [4.78, 5) is 37.8. The zero-order chi connectivity index (χ0) is 48.6. The van der Waals surface area contributed by atoms with Crippen LogP contribution in [0.2, 0.25) is 0 Å². The maximum absolute atomic E-state index is 12.8. The number of ether oxygens (including phenoxy) is 3. The summed E-state index contributed by atoms with van der Waals surface area (Å²) in [7, 11) is 0. The van der Waals surface area contributed by atoms with E-state index in [-0.39, 0.29) is 31.1 Å². The molecule has 0 saturated carbocycles. The van der Waals surface area contributed by atoms with Crippen LogP contribution in [0.3, 0.4) is 0 Å². The first-order valence-corrected chi connectivity index (χ1v) is 27.7. The van der Waals surface area contributed by atoms with Gasteiger partial charge in [0.2, 0.25) is 0 Å². The summed E-state index contributed by atoms with van der Waals surface area (Å²) >= 11 is 0. The molecule has 0 heterocycles. The van der Waals surface area contributed by atoms with Crippen molar-refractivity contribution in [1.82, 2.24) is 0 Å². The summed E-state index contributed by atoms with van der Waals surface area (Å²) in [5.74, 6) is -0.908. The molecular formula is C61H102O6. The molecule has 0 aliphatic heterocycles. The summed E-state index contributed by atoms with van der Waals surface area (Å²) in [6, 6.07) is 0. The predicted octanol–water partition coefficient (Wildman–Crippen LogP) is 18.5. The summed E-state index contributed by atoms with van der Waals surface area (Å²) in [5, 5.41) is 0. The zero-order valence-corrected chi connectivity index (χ0v) is 43.6. The Labute approximate surface area is 413 Å². The zero-order valence-electron chi connectivity index (χ0n) is 43.6. The summed E-state index contributed by atoms with van der Waals surface area (Å²) < 4.78 is 16.7. The molecule has 0 radical (unpaired) electrons. The van der Waals surface area contributed by atoms with Gasteiger partial charge in [-0.3, -0.25) is 14.4 Å². The quantitative estimate of drug-likeness (QED) is 0.0262. The Morgan fingerprint density at radius 3 is 0.910 bits per heavy atom. The predicted molar refractivity (Wildman–Crippen MR) is 288 cm³/mol. The highest BCUT2D eigenvalue weighted by atomic mass is 16.6. The summed E-state index contributed by atoms with van der Waals surface area (Å²) in [6.45, 7) is 6.32. The first kappa shape index (κ1) is 63.3. The van der Waals surface area contributed by atoms with Crippen molar-refractivity contribution in [2.75, 3.05) is 13.2 Å². The minimum absolute atomic E-state index is 0.0830. The maximum atomic E-state index is 12.8. The van der Waals surface area contributed by atoms with Crippen molar-refractivity contribution in [2.24, 2.45) is 0 Å². The molecule has 0 amide bonds. The van der Waals surface area contributed by atoms with Crippen molar-refractivity contribution in [2.45, 2.75) is 258 Å². The van der Waals surface area contributed by atoms with Crippen LogP contribution in [-0.2, 0) is 28.6 Å². The van der Waals surface area contributed by atoms with Crippen molar-refractivity contribution in [3.8, 4) is 0 Å². The Balaban J connectivity index is 4.14. The van der Waals surface area contributed by atoms with Gasteiger partial charge in [0.25, 0.3) is 0 Å². The highest BCUT2D eigenvalue weighted by Gasteiger charge is 2.19. The number of allylic oxidation sites excluding steroid dienone is 16. The molecule has 0 saturated heterocycles. The second kappa shape index (κ2) is 54.9. The van der Waals surface area contributed by atoms with Crippen LogP contribution in [0.5, 0.6) is 0 Å². The molecule has 0 aromatic heterocycles. The van der Waals surface area contributed by atoms with E-state index in [0.717, 1.165) is 122 Å². The van der Waals surface area contributed by atoms with Gasteiger partial charge in [0.1, 0.15) is 13.2 Å². The molecule has 382 valence electrons. The number of hydrogen-bond acceptors (Lipinski definition) is 6. The van der Waals surface area contributed by atoms with Gasteiger partial charge in [-0.2, -0.15) is 0 Å². The normalized spacial score (nSPS) is 12.8. The van der Waals surface area contributed by atoms with Gasteiger partial charge >= 0.3 is 17.9 Å². The van der Waals surface area contributed by atoms with Gasteiger partial charge in [0.05, 0.1) is 0 Å². The van der Waals surface area contributed by atoms with E-state index in [1.807, 2.05) is 0 Å². The van der Waals surface area contributed by atoms with E-state index in [1.54, 1.807) is 0 Å². The van der Waals surface area contributed by atoms with Gasteiger partial charge in [0.15, 0.2) is 6.10 Å². The summed E-state index contributed by atoms with van der Waals surface area (Å²) in [5.41, 5.74) is 0. The number of rotatable bonds is 49. The Morgan fingerprint density at radius 1 is 0.313 bits per heavy atom. The Morgan fingerprint density at radius 2 is 0.582 bits per heavy atom. The van der Waals surface area contributed by atoms with Crippen LogP contribution in [-0.4, -0.2) is 37.2 Å². The molecule has 0 aromatic rings. The number of carbonyl (C=O) groups excluding carboxylic acids is 3. The monoisotopic (exact) mass is 931 g/mol. The summed E-state index contributed by atoms with van der Waals surface area (Å²) in [6.07, 6.45) is 72.9. The van der Waals surface area contributed by atoms with E-state index in [4.69, 9.17) is 14.2 Å². The van der Waals surface area contributed by atoms with Crippen LogP contribution in [0.25, 0.3) is 0 Å². The van der Waals surface area contributed by atoms with Gasteiger partial charge in [-0.1, -0.05) is 234 Å². The van der Waals surface area contributed by atoms with Crippen LogP contribution < -0.4 is 0 Å². The number of unbranched alkanes of at least 4 members (excludes halogenated alkanes) is 22. The average Bonchev–Trinajstić information content (AvgIpc) is 3.33. The lowest BCUT2D eigenvalue weighted by molar-refractivity contribution is -0.167. The fraction of sp³-hybridized carbons (Fsp3) is 0.689. The molecule has 6 nitrogen and oxygen atoms in total. The molecule has 6 heteroatoms. The minimum Gasteiger partial charge on any atom is -0.462 e. The molecule has 0 fully saturated rings. The largest absolute Gasteiger partial charge is 0.462 e. The lowest BCUT2D eigenvalue weighted by Gasteiger charge is -2.18.